The number of hydrogen-bond acceptors (Lipinski definition) is 5. The minimum Gasteiger partial charge on any atom is -0.480 e. The van der Waals surface area contributed by atoms with Crippen LogP contribution < -0.4 is 16.1 Å². The van der Waals surface area contributed by atoms with E-state index in [9.17, 15) is 19.5 Å². The molecule has 8 nitrogen and oxygen atoms in total. The number of halogens is 1. The van der Waals surface area contributed by atoms with Gasteiger partial charge in [-0.05, 0) is 38.1 Å². The third-order valence-corrected chi connectivity index (χ3v) is 5.29. The number of nitrogens with zero attached hydrogens (tertiary/aromatic N) is 3. The highest BCUT2D eigenvalue weighted by Gasteiger charge is 2.30. The molecule has 0 aliphatic carbocycles. The number of rotatable bonds is 5. The van der Waals surface area contributed by atoms with E-state index in [2.05, 4.69) is 4.98 Å². The van der Waals surface area contributed by atoms with Crippen LogP contribution in [0.15, 0.2) is 29.1 Å². The Morgan fingerprint density at radius 2 is 1.83 bits per heavy atom. The molecule has 3 rings (SSSR count). The number of aliphatic carboxylic acids is 1. The van der Waals surface area contributed by atoms with E-state index in [0.717, 1.165) is 0 Å². The van der Waals surface area contributed by atoms with Crippen molar-refractivity contribution in [3.05, 3.63) is 45.2 Å². The van der Waals surface area contributed by atoms with Crippen LogP contribution in [0.1, 0.15) is 19.5 Å². The van der Waals surface area contributed by atoms with Gasteiger partial charge in [-0.1, -0.05) is 11.6 Å². The molecule has 1 aromatic carbocycles. The zero-order valence-corrected chi connectivity index (χ0v) is 17.2. The molecule has 29 heavy (non-hydrogen) atoms. The van der Waals surface area contributed by atoms with E-state index in [1.54, 1.807) is 57.1 Å². The molecule has 2 aromatic heterocycles. The second kappa shape index (κ2) is 7.04. The van der Waals surface area contributed by atoms with Gasteiger partial charge < -0.3 is 20.3 Å². The monoisotopic (exact) mass is 416 g/mol. The standard InChI is InChI=1S/C20H21ClN4O4/c1-20(2,19(22)29)13-8-6-11-17(28)10-5-7-12(21)16(24(3)4)15(10)25(9-14(26)27)18(11)23-13/h5-8H,9H2,1-4H3,(H2,22,29)(H,26,27). The Hall–Kier alpha value is -3.13. The van der Waals surface area contributed by atoms with Gasteiger partial charge in [0, 0.05) is 19.5 Å². The first kappa shape index (κ1) is 20.6. The Bertz CT molecular complexity index is 1230. The number of carbonyl (C=O) groups is 2. The van der Waals surface area contributed by atoms with Crippen LogP contribution in [-0.4, -0.2) is 40.6 Å². The number of fused-ring (bicyclic) bond motifs is 2. The SMILES string of the molecule is CN(C)c1c(Cl)ccc2c(=O)c3ccc(C(C)(C)C(N)=O)nc3n(CC(=O)O)c12. The van der Waals surface area contributed by atoms with E-state index in [1.165, 1.54) is 4.57 Å². The molecule has 152 valence electrons. The van der Waals surface area contributed by atoms with Crippen LogP contribution in [0.5, 0.6) is 0 Å². The number of amides is 1. The molecule has 3 aromatic rings. The lowest BCUT2D eigenvalue weighted by Crippen LogP contribution is -2.36. The lowest BCUT2D eigenvalue weighted by atomic mass is 9.88. The van der Waals surface area contributed by atoms with E-state index in [0.29, 0.717) is 27.3 Å². The van der Waals surface area contributed by atoms with Gasteiger partial charge in [-0.15, -0.1) is 0 Å². The number of anilines is 1. The van der Waals surface area contributed by atoms with Gasteiger partial charge in [-0.25, -0.2) is 4.98 Å². The second-order valence-corrected chi connectivity index (χ2v) is 7.96. The van der Waals surface area contributed by atoms with Crippen LogP contribution in [0.25, 0.3) is 21.9 Å². The summed E-state index contributed by atoms with van der Waals surface area (Å²) in [6, 6.07) is 6.29. The number of pyridine rings is 2. The molecule has 0 aliphatic rings. The van der Waals surface area contributed by atoms with Crippen molar-refractivity contribution in [2.75, 3.05) is 19.0 Å². The minimum absolute atomic E-state index is 0.155. The number of nitrogens with two attached hydrogens (primary N) is 1. The van der Waals surface area contributed by atoms with Gasteiger partial charge in [-0.3, -0.25) is 14.4 Å². The maximum Gasteiger partial charge on any atom is 0.323 e. The molecule has 2 heterocycles. The summed E-state index contributed by atoms with van der Waals surface area (Å²) in [5, 5.41) is 10.5. The van der Waals surface area contributed by atoms with Gasteiger partial charge in [0.15, 0.2) is 5.43 Å². The number of carbonyl (C=O) groups excluding carboxylic acids is 1. The molecule has 0 bridgehead atoms. The quantitative estimate of drug-likeness (QED) is 0.615. The van der Waals surface area contributed by atoms with Gasteiger partial charge in [0.05, 0.1) is 32.7 Å². The van der Waals surface area contributed by atoms with E-state index in [4.69, 9.17) is 17.3 Å². The van der Waals surface area contributed by atoms with E-state index >= 15 is 0 Å². The van der Waals surface area contributed by atoms with E-state index in [-0.39, 0.29) is 16.5 Å². The summed E-state index contributed by atoms with van der Waals surface area (Å²) in [4.78, 5) is 42.9. The summed E-state index contributed by atoms with van der Waals surface area (Å²) in [7, 11) is 3.50. The molecule has 0 saturated carbocycles. The second-order valence-electron chi connectivity index (χ2n) is 7.55. The molecule has 0 unspecified atom stereocenters. The van der Waals surface area contributed by atoms with Crippen LogP contribution in [-0.2, 0) is 21.5 Å². The first-order chi connectivity index (χ1) is 13.5. The summed E-state index contributed by atoms with van der Waals surface area (Å²) in [6.07, 6.45) is 0. The fraction of sp³-hybridized carbons (Fsp3) is 0.300. The number of hydrogen-bond donors (Lipinski definition) is 2. The summed E-state index contributed by atoms with van der Waals surface area (Å²) in [6.45, 7) is 2.79. The maximum absolute atomic E-state index is 13.2. The predicted octanol–water partition coefficient (Wildman–Crippen LogP) is 2.12. The Morgan fingerprint density at radius 1 is 1.21 bits per heavy atom. The summed E-state index contributed by atoms with van der Waals surface area (Å²) in [5.74, 6) is -1.70. The van der Waals surface area contributed by atoms with Crippen molar-refractivity contribution in [1.82, 2.24) is 9.55 Å². The molecule has 9 heteroatoms. The molecule has 3 N–H and O–H groups in total. The first-order valence-electron chi connectivity index (χ1n) is 8.82. The van der Waals surface area contributed by atoms with Crippen LogP contribution in [0.4, 0.5) is 5.69 Å². The Labute approximate surface area is 171 Å². The van der Waals surface area contributed by atoms with Gasteiger partial charge in [0.1, 0.15) is 12.2 Å². The number of carboxylic acid groups (broad SMARTS) is 1. The molecule has 0 fully saturated rings. The zero-order chi connectivity index (χ0) is 21.7. The summed E-state index contributed by atoms with van der Waals surface area (Å²) in [5.41, 5.74) is 5.46. The molecular weight excluding hydrogens is 396 g/mol. The van der Waals surface area contributed by atoms with E-state index in [1.807, 2.05) is 0 Å². The topological polar surface area (TPSA) is 119 Å². The molecule has 0 aliphatic heterocycles. The highest BCUT2D eigenvalue weighted by atomic mass is 35.5. The molecule has 0 atom stereocenters. The largest absolute Gasteiger partial charge is 0.480 e. The third kappa shape index (κ3) is 3.29. The fourth-order valence-electron chi connectivity index (χ4n) is 3.28. The van der Waals surface area contributed by atoms with Gasteiger partial charge in [0.2, 0.25) is 5.91 Å². The maximum atomic E-state index is 13.2. The van der Waals surface area contributed by atoms with Crippen molar-refractivity contribution < 1.29 is 14.7 Å². The predicted molar refractivity (Wildman–Crippen MR) is 113 cm³/mol. The number of benzene rings is 1. The van der Waals surface area contributed by atoms with Gasteiger partial charge in [-0.2, -0.15) is 0 Å². The van der Waals surface area contributed by atoms with Crippen LogP contribution in [0, 0.1) is 0 Å². The summed E-state index contributed by atoms with van der Waals surface area (Å²) < 4.78 is 1.44. The number of primary amides is 1. The van der Waals surface area contributed by atoms with Crippen molar-refractivity contribution >= 4 is 51.1 Å². The van der Waals surface area contributed by atoms with Crippen LogP contribution in [0.2, 0.25) is 5.02 Å². The van der Waals surface area contributed by atoms with Crippen molar-refractivity contribution in [2.24, 2.45) is 5.73 Å². The molecular formula is C20H21ClN4O4. The van der Waals surface area contributed by atoms with Crippen molar-refractivity contribution in [2.45, 2.75) is 25.8 Å². The van der Waals surface area contributed by atoms with Gasteiger partial charge in [0.25, 0.3) is 0 Å². The van der Waals surface area contributed by atoms with Crippen LogP contribution >= 0.6 is 11.6 Å². The third-order valence-electron chi connectivity index (χ3n) is 4.99. The number of aromatic nitrogens is 2. The number of carboxylic acids is 1. The average Bonchev–Trinajstić information content (AvgIpc) is 2.63. The van der Waals surface area contributed by atoms with Crippen molar-refractivity contribution in [1.29, 1.82) is 0 Å². The lowest BCUT2D eigenvalue weighted by molar-refractivity contribution is -0.137. The molecule has 0 saturated heterocycles. The summed E-state index contributed by atoms with van der Waals surface area (Å²) >= 11 is 6.37. The van der Waals surface area contributed by atoms with Crippen molar-refractivity contribution in [3.8, 4) is 0 Å². The zero-order valence-electron chi connectivity index (χ0n) is 16.5. The molecule has 1 amide bonds. The fourth-order valence-corrected chi connectivity index (χ4v) is 3.60. The van der Waals surface area contributed by atoms with Crippen LogP contribution in [0.3, 0.4) is 0 Å². The van der Waals surface area contributed by atoms with Gasteiger partial charge >= 0.3 is 5.97 Å². The first-order valence-corrected chi connectivity index (χ1v) is 9.20. The Balaban J connectivity index is 2.59. The normalized spacial score (nSPS) is 11.8. The minimum atomic E-state index is -1.11. The molecule has 0 spiro atoms. The van der Waals surface area contributed by atoms with E-state index < -0.39 is 23.8 Å². The van der Waals surface area contributed by atoms with Crippen molar-refractivity contribution in [3.63, 3.8) is 0 Å². The molecule has 0 radical (unpaired) electrons. The average molecular weight is 417 g/mol. The Kier molecular flexibility index (Phi) is 5.00. The smallest absolute Gasteiger partial charge is 0.323 e. The Morgan fingerprint density at radius 3 is 2.38 bits per heavy atom. The lowest BCUT2D eigenvalue weighted by Gasteiger charge is -2.23. The highest BCUT2D eigenvalue weighted by Crippen LogP contribution is 2.34. The highest BCUT2D eigenvalue weighted by molar-refractivity contribution is 6.35.